The maximum absolute atomic E-state index is 15.5. The second kappa shape index (κ2) is 20.2. The van der Waals surface area contributed by atoms with E-state index in [4.69, 9.17) is 35.3 Å². The van der Waals surface area contributed by atoms with Crippen molar-refractivity contribution in [3.05, 3.63) is 132 Å². The molecule has 5 aromatic carbocycles. The number of aromatic nitrogens is 4. The van der Waals surface area contributed by atoms with Crippen LogP contribution in [0.2, 0.25) is 0 Å². The smallest absolute Gasteiger partial charge is 0.241 e. The van der Waals surface area contributed by atoms with Crippen LogP contribution in [0.25, 0.3) is 44.3 Å². The van der Waals surface area contributed by atoms with E-state index in [0.29, 0.717) is 77.4 Å². The Bertz CT molecular complexity index is 2670. The molecule has 0 spiro atoms. The number of nitrogens with zero attached hydrogens (tertiary/aromatic N) is 7. The second-order valence-electron chi connectivity index (χ2n) is 15.7. The van der Waals surface area contributed by atoms with Gasteiger partial charge in [-0.05, 0) is 98.8 Å². The van der Waals surface area contributed by atoms with Gasteiger partial charge in [0, 0.05) is 41.0 Å². The van der Waals surface area contributed by atoms with Crippen LogP contribution in [-0.4, -0.2) is 76.9 Å². The molecule has 4 heterocycles. The molecule has 2 aliphatic rings. The third kappa shape index (κ3) is 9.47. The Morgan fingerprint density at radius 1 is 0.698 bits per heavy atom. The highest BCUT2D eigenvalue weighted by atomic mass is 35.5. The van der Waals surface area contributed by atoms with Gasteiger partial charge in [0.25, 0.3) is 0 Å². The minimum Gasteiger partial charge on any atom is -0.493 e. The number of fused-ring (bicyclic) bond motifs is 2. The summed E-state index contributed by atoms with van der Waals surface area (Å²) in [7, 11) is 1.58. The average Bonchev–Trinajstić information content (AvgIpc) is 3.30. The van der Waals surface area contributed by atoms with E-state index in [1.54, 1.807) is 42.5 Å². The number of rotatable bonds is 12. The highest BCUT2D eigenvalue weighted by molar-refractivity contribution is 5.94. The number of piperidine rings is 2. The van der Waals surface area contributed by atoms with Gasteiger partial charge < -0.3 is 14.4 Å². The summed E-state index contributed by atoms with van der Waals surface area (Å²) in [4.78, 5) is 24.8. The van der Waals surface area contributed by atoms with Gasteiger partial charge in [-0.2, -0.15) is 0 Å². The zero-order valence-electron chi connectivity index (χ0n) is 34.7. The molecule has 328 valence electrons. The molecule has 2 aliphatic heterocycles. The van der Waals surface area contributed by atoms with Gasteiger partial charge >= 0.3 is 0 Å². The number of hydrogen-bond acceptors (Lipinski definition) is 10. The molecule has 2 unspecified atom stereocenters. The number of hydrogen-bond donors (Lipinski definition) is 1. The van der Waals surface area contributed by atoms with Crippen molar-refractivity contribution in [1.82, 2.24) is 24.8 Å². The number of halogens is 5. The molecule has 0 saturated carbocycles. The first kappa shape index (κ1) is 45.3. The fourth-order valence-corrected chi connectivity index (χ4v) is 9.01. The molecule has 10 nitrogen and oxygen atoms in total. The molecule has 9 rings (SSSR count). The SMILES string of the molecule is COc1ccc(CN2CCC(C3CC(N(N)c4nc(-c5ccccc5F)c5ccccc5n4)CCN3c3nc(-c4ccccc4F)c4ccccc4n3)CC2)cc1OCCF.Cl.Cl. The summed E-state index contributed by atoms with van der Waals surface area (Å²) in [5, 5.41) is 3.18. The fourth-order valence-electron chi connectivity index (χ4n) is 9.01. The van der Waals surface area contributed by atoms with Crippen molar-refractivity contribution < 1.29 is 22.6 Å². The molecule has 2 aromatic heterocycles. The van der Waals surface area contributed by atoms with Gasteiger partial charge in [0.15, 0.2) is 11.5 Å². The van der Waals surface area contributed by atoms with Crippen molar-refractivity contribution in [3.8, 4) is 34.0 Å². The minimum absolute atomic E-state index is 0. The van der Waals surface area contributed by atoms with Crippen molar-refractivity contribution >= 4 is 58.5 Å². The lowest BCUT2D eigenvalue weighted by Crippen LogP contribution is -2.56. The second-order valence-corrected chi connectivity index (χ2v) is 15.7. The van der Waals surface area contributed by atoms with E-state index in [2.05, 4.69) is 9.80 Å². The normalized spacial score (nSPS) is 16.9. The molecule has 2 fully saturated rings. The lowest BCUT2D eigenvalue weighted by molar-refractivity contribution is 0.148. The van der Waals surface area contributed by atoms with Crippen molar-refractivity contribution in [2.24, 2.45) is 11.8 Å². The minimum atomic E-state index is -0.583. The van der Waals surface area contributed by atoms with Crippen molar-refractivity contribution in [2.75, 3.05) is 49.9 Å². The molecule has 0 bridgehead atoms. The fraction of sp³-hybridized carbons (Fsp3) is 0.292. The summed E-state index contributed by atoms with van der Waals surface area (Å²) in [6.07, 6.45) is 3.10. The zero-order valence-corrected chi connectivity index (χ0v) is 36.4. The summed E-state index contributed by atoms with van der Waals surface area (Å²) in [5.74, 6) is 8.56. The summed E-state index contributed by atoms with van der Waals surface area (Å²) in [6, 6.07) is 34.3. The molecule has 0 radical (unpaired) electrons. The first-order valence-electron chi connectivity index (χ1n) is 20.8. The van der Waals surface area contributed by atoms with Crippen LogP contribution in [0.3, 0.4) is 0 Å². The van der Waals surface area contributed by atoms with Crippen LogP contribution in [0, 0.1) is 17.6 Å². The number of benzene rings is 5. The van der Waals surface area contributed by atoms with Crippen LogP contribution < -0.4 is 25.2 Å². The summed E-state index contributed by atoms with van der Waals surface area (Å²) in [6.45, 7) is 2.36. The van der Waals surface area contributed by atoms with Gasteiger partial charge in [0.1, 0.15) is 24.9 Å². The molecule has 7 aromatic rings. The van der Waals surface area contributed by atoms with Crippen LogP contribution in [0.1, 0.15) is 31.2 Å². The number of alkyl halides is 1. The Kier molecular flexibility index (Phi) is 14.5. The Hall–Kier alpha value is -5.73. The third-order valence-electron chi connectivity index (χ3n) is 12.1. The highest BCUT2D eigenvalue weighted by Crippen LogP contribution is 2.39. The van der Waals surface area contributed by atoms with Crippen LogP contribution >= 0.6 is 24.8 Å². The van der Waals surface area contributed by atoms with Crippen LogP contribution in [0.4, 0.5) is 25.1 Å². The van der Waals surface area contributed by atoms with E-state index in [1.807, 2.05) is 72.8 Å². The predicted octanol–water partition coefficient (Wildman–Crippen LogP) is 10.0. The van der Waals surface area contributed by atoms with E-state index < -0.39 is 6.67 Å². The number of nitrogens with two attached hydrogens (primary N) is 1. The largest absolute Gasteiger partial charge is 0.493 e. The Balaban J connectivity index is 0.00000298. The first-order valence-corrected chi connectivity index (χ1v) is 20.8. The molecule has 2 N–H and O–H groups in total. The van der Waals surface area contributed by atoms with Crippen LogP contribution in [0.15, 0.2) is 115 Å². The van der Waals surface area contributed by atoms with E-state index in [-0.39, 0.29) is 61.1 Å². The summed E-state index contributed by atoms with van der Waals surface area (Å²) in [5.41, 5.74) is 4.31. The molecule has 2 atom stereocenters. The molecule has 2 saturated heterocycles. The van der Waals surface area contributed by atoms with Gasteiger partial charge in [-0.1, -0.05) is 66.7 Å². The summed E-state index contributed by atoms with van der Waals surface area (Å²) < 4.78 is 54.8. The first-order chi connectivity index (χ1) is 29.9. The van der Waals surface area contributed by atoms with Crippen LogP contribution in [0.5, 0.6) is 11.5 Å². The van der Waals surface area contributed by atoms with Crippen molar-refractivity contribution in [1.29, 1.82) is 0 Å². The lowest BCUT2D eigenvalue weighted by Gasteiger charge is -2.47. The zero-order chi connectivity index (χ0) is 41.9. The summed E-state index contributed by atoms with van der Waals surface area (Å²) >= 11 is 0. The van der Waals surface area contributed by atoms with Crippen molar-refractivity contribution in [2.45, 2.75) is 44.3 Å². The number of ether oxygens (including phenoxy) is 2. The van der Waals surface area contributed by atoms with Crippen LogP contribution in [-0.2, 0) is 6.54 Å². The maximum atomic E-state index is 15.5. The highest BCUT2D eigenvalue weighted by Gasteiger charge is 2.39. The molecule has 63 heavy (non-hydrogen) atoms. The van der Waals surface area contributed by atoms with E-state index in [0.717, 1.165) is 47.8 Å². The Morgan fingerprint density at radius 2 is 1.30 bits per heavy atom. The van der Waals surface area contributed by atoms with Crippen molar-refractivity contribution in [3.63, 3.8) is 0 Å². The monoisotopic (exact) mass is 896 g/mol. The molecule has 15 heteroatoms. The predicted molar refractivity (Wildman–Crippen MR) is 248 cm³/mol. The van der Waals surface area contributed by atoms with E-state index in [9.17, 15) is 4.39 Å². The Labute approximate surface area is 377 Å². The number of methoxy groups -OCH3 is 1. The number of anilines is 2. The Morgan fingerprint density at radius 3 is 1.94 bits per heavy atom. The quantitative estimate of drug-likeness (QED) is 0.0942. The third-order valence-corrected chi connectivity index (χ3v) is 12.1. The number of para-hydroxylation sites is 2. The van der Waals surface area contributed by atoms with Gasteiger partial charge in [0.05, 0.1) is 35.6 Å². The van der Waals surface area contributed by atoms with E-state index in [1.165, 1.54) is 12.1 Å². The number of likely N-dealkylation sites (tertiary alicyclic amines) is 1. The molecule has 0 amide bonds. The standard InChI is InChI=1S/C48H47F3N8O2.2ClH/c1-60-43-19-18-31(28-44(43)61-27-23-49)30-57-24-20-32(21-25-57)42-29-33(59(52)48-54-41-17-9-5-13-37(41)46(56-48)35-11-3-7-15-39(35)51)22-26-58(42)47-53-40-16-8-4-12-36(40)45(55-47)34-10-2-6-14-38(34)50;;/h2-19,28,32-33,42H,20-27,29-30,52H2,1H3;2*1H. The average molecular weight is 898 g/mol. The molecular formula is C48H49Cl2F3N8O2. The number of hydrazine groups is 1. The van der Waals surface area contributed by atoms with Gasteiger partial charge in [-0.3, -0.25) is 9.91 Å². The van der Waals surface area contributed by atoms with E-state index >= 15 is 8.78 Å². The van der Waals surface area contributed by atoms with Gasteiger partial charge in [0.2, 0.25) is 11.9 Å². The topological polar surface area (TPSA) is 106 Å². The molecule has 0 aliphatic carbocycles. The maximum Gasteiger partial charge on any atom is 0.241 e. The molecular weight excluding hydrogens is 848 g/mol. The lowest BCUT2D eigenvalue weighted by atomic mass is 9.82. The van der Waals surface area contributed by atoms with Gasteiger partial charge in [-0.15, -0.1) is 24.8 Å². The van der Waals surface area contributed by atoms with Gasteiger partial charge in [-0.25, -0.2) is 38.9 Å².